The summed E-state index contributed by atoms with van der Waals surface area (Å²) in [5, 5.41) is 2.96. The first kappa shape index (κ1) is 15.2. The molecule has 0 aromatic rings. The molecule has 1 saturated heterocycles. The van der Waals surface area contributed by atoms with Gasteiger partial charge in [0.25, 0.3) is 0 Å². The molecule has 18 heavy (non-hydrogen) atoms. The molecule has 1 atom stereocenters. The lowest BCUT2D eigenvalue weighted by Crippen LogP contribution is -2.39. The zero-order valence-corrected chi connectivity index (χ0v) is 11.9. The minimum atomic E-state index is -0.430. The number of likely N-dealkylation sites (tertiary alicyclic amines) is 1. The molecule has 0 aromatic heterocycles. The van der Waals surface area contributed by atoms with Gasteiger partial charge in [-0.05, 0) is 46.6 Å². The van der Waals surface area contributed by atoms with Gasteiger partial charge in [-0.2, -0.15) is 0 Å². The first-order valence-electron chi connectivity index (χ1n) is 6.82. The second-order valence-electron chi connectivity index (χ2n) is 5.90. The van der Waals surface area contributed by atoms with E-state index >= 15 is 0 Å². The van der Waals surface area contributed by atoms with Crippen LogP contribution in [0.3, 0.4) is 0 Å². The van der Waals surface area contributed by atoms with Gasteiger partial charge in [0, 0.05) is 25.7 Å². The third kappa shape index (κ3) is 6.21. The Morgan fingerprint density at radius 3 is 2.72 bits per heavy atom. The molecule has 5 nitrogen and oxygen atoms in total. The first-order chi connectivity index (χ1) is 8.40. The number of carbonyl (C=O) groups excluding carboxylic acids is 1. The van der Waals surface area contributed by atoms with Crippen molar-refractivity contribution in [3.63, 3.8) is 0 Å². The zero-order valence-electron chi connectivity index (χ0n) is 11.9. The SMILES string of the molecule is CC(C)(C)OC(=O)N[C@H]1CCCN(CCN)CC1. The predicted octanol–water partition coefficient (Wildman–Crippen LogP) is 1.32. The van der Waals surface area contributed by atoms with Crippen molar-refractivity contribution in [2.24, 2.45) is 5.73 Å². The summed E-state index contributed by atoms with van der Waals surface area (Å²) in [6.07, 6.45) is 2.78. The molecule has 0 aliphatic carbocycles. The van der Waals surface area contributed by atoms with Crippen LogP contribution in [0.25, 0.3) is 0 Å². The molecule has 1 aliphatic rings. The number of amides is 1. The molecule has 0 bridgehead atoms. The standard InChI is InChI=1S/C13H27N3O2/c1-13(2,3)18-12(17)15-11-5-4-8-16(9-6-11)10-7-14/h11H,4-10,14H2,1-3H3,(H,15,17)/t11-/m0/s1. The Bertz CT molecular complexity index is 263. The van der Waals surface area contributed by atoms with Crippen LogP contribution in [0.1, 0.15) is 40.0 Å². The monoisotopic (exact) mass is 257 g/mol. The van der Waals surface area contributed by atoms with Gasteiger partial charge in [0.05, 0.1) is 0 Å². The van der Waals surface area contributed by atoms with Crippen LogP contribution in [0.2, 0.25) is 0 Å². The van der Waals surface area contributed by atoms with Gasteiger partial charge in [0.2, 0.25) is 0 Å². The Morgan fingerprint density at radius 1 is 1.39 bits per heavy atom. The van der Waals surface area contributed by atoms with E-state index in [0.29, 0.717) is 6.54 Å². The number of ether oxygens (including phenoxy) is 1. The minimum absolute atomic E-state index is 0.225. The highest BCUT2D eigenvalue weighted by atomic mass is 16.6. The molecule has 0 saturated carbocycles. The Labute approximate surface area is 110 Å². The first-order valence-corrected chi connectivity index (χ1v) is 6.82. The lowest BCUT2D eigenvalue weighted by Gasteiger charge is -2.23. The van der Waals surface area contributed by atoms with Crippen LogP contribution in [0.4, 0.5) is 4.79 Å². The molecule has 1 heterocycles. The molecule has 0 spiro atoms. The van der Waals surface area contributed by atoms with Crippen molar-refractivity contribution >= 4 is 6.09 Å². The lowest BCUT2D eigenvalue weighted by molar-refractivity contribution is 0.0500. The predicted molar refractivity (Wildman–Crippen MR) is 72.5 cm³/mol. The number of nitrogens with one attached hydrogen (secondary N) is 1. The Kier molecular flexibility index (Phi) is 5.88. The lowest BCUT2D eigenvalue weighted by atomic mass is 10.1. The van der Waals surface area contributed by atoms with Gasteiger partial charge in [-0.3, -0.25) is 0 Å². The van der Waals surface area contributed by atoms with E-state index in [1.54, 1.807) is 0 Å². The maximum Gasteiger partial charge on any atom is 0.407 e. The van der Waals surface area contributed by atoms with E-state index in [0.717, 1.165) is 38.9 Å². The highest BCUT2D eigenvalue weighted by molar-refractivity contribution is 5.68. The number of carbonyl (C=O) groups is 1. The van der Waals surface area contributed by atoms with Crippen molar-refractivity contribution in [2.45, 2.75) is 51.7 Å². The molecule has 1 fully saturated rings. The van der Waals surface area contributed by atoms with Crippen LogP contribution < -0.4 is 11.1 Å². The van der Waals surface area contributed by atoms with E-state index in [2.05, 4.69) is 10.2 Å². The van der Waals surface area contributed by atoms with Crippen LogP contribution >= 0.6 is 0 Å². The van der Waals surface area contributed by atoms with Crippen molar-refractivity contribution in [3.05, 3.63) is 0 Å². The van der Waals surface area contributed by atoms with Crippen molar-refractivity contribution in [1.82, 2.24) is 10.2 Å². The van der Waals surface area contributed by atoms with Gasteiger partial charge in [0.1, 0.15) is 5.60 Å². The molecule has 1 aliphatic heterocycles. The molecule has 1 amide bonds. The maximum absolute atomic E-state index is 11.7. The van der Waals surface area contributed by atoms with Gasteiger partial charge in [-0.25, -0.2) is 4.79 Å². The average molecular weight is 257 g/mol. The number of hydrogen-bond donors (Lipinski definition) is 2. The van der Waals surface area contributed by atoms with Gasteiger partial charge in [0.15, 0.2) is 0 Å². The fourth-order valence-corrected chi connectivity index (χ4v) is 2.18. The van der Waals surface area contributed by atoms with Crippen LogP contribution in [-0.4, -0.2) is 48.8 Å². The van der Waals surface area contributed by atoms with Gasteiger partial charge in [-0.15, -0.1) is 0 Å². The topological polar surface area (TPSA) is 67.6 Å². The summed E-state index contributed by atoms with van der Waals surface area (Å²) in [7, 11) is 0. The number of alkyl carbamates (subject to hydrolysis) is 1. The number of hydrogen-bond acceptors (Lipinski definition) is 4. The van der Waals surface area contributed by atoms with Gasteiger partial charge >= 0.3 is 6.09 Å². The molecule has 0 unspecified atom stereocenters. The Balaban J connectivity index is 2.33. The smallest absolute Gasteiger partial charge is 0.407 e. The molecular formula is C13H27N3O2. The van der Waals surface area contributed by atoms with E-state index < -0.39 is 5.60 Å². The maximum atomic E-state index is 11.7. The quantitative estimate of drug-likeness (QED) is 0.800. The largest absolute Gasteiger partial charge is 0.444 e. The summed E-state index contributed by atoms with van der Waals surface area (Å²) >= 11 is 0. The number of nitrogens with two attached hydrogens (primary N) is 1. The summed E-state index contributed by atoms with van der Waals surface area (Å²) in [6.45, 7) is 9.35. The minimum Gasteiger partial charge on any atom is -0.444 e. The molecule has 5 heteroatoms. The third-order valence-electron chi connectivity index (χ3n) is 2.99. The van der Waals surface area contributed by atoms with Crippen molar-refractivity contribution in [1.29, 1.82) is 0 Å². The highest BCUT2D eigenvalue weighted by Gasteiger charge is 2.21. The van der Waals surface area contributed by atoms with E-state index in [4.69, 9.17) is 10.5 Å². The van der Waals surface area contributed by atoms with Crippen LogP contribution in [0, 0.1) is 0 Å². The number of rotatable bonds is 3. The Morgan fingerprint density at radius 2 is 2.11 bits per heavy atom. The van der Waals surface area contributed by atoms with E-state index in [1.807, 2.05) is 20.8 Å². The normalized spacial score (nSPS) is 22.3. The molecule has 1 rings (SSSR count). The summed E-state index contributed by atoms with van der Waals surface area (Å²) in [5.41, 5.74) is 5.13. The van der Waals surface area contributed by atoms with Gasteiger partial charge in [-0.1, -0.05) is 0 Å². The van der Waals surface area contributed by atoms with Gasteiger partial charge < -0.3 is 20.7 Å². The second-order valence-corrected chi connectivity index (χ2v) is 5.90. The van der Waals surface area contributed by atoms with E-state index in [-0.39, 0.29) is 12.1 Å². The number of nitrogens with zero attached hydrogens (tertiary/aromatic N) is 1. The molecule has 0 radical (unpaired) electrons. The van der Waals surface area contributed by atoms with Crippen LogP contribution in [0.15, 0.2) is 0 Å². The summed E-state index contributed by atoms with van der Waals surface area (Å²) in [6, 6.07) is 0.225. The molecule has 106 valence electrons. The summed E-state index contributed by atoms with van der Waals surface area (Å²) < 4.78 is 5.27. The summed E-state index contributed by atoms with van der Waals surface area (Å²) in [5.74, 6) is 0. The van der Waals surface area contributed by atoms with Crippen molar-refractivity contribution in [3.8, 4) is 0 Å². The second kappa shape index (κ2) is 6.95. The third-order valence-corrected chi connectivity index (χ3v) is 2.99. The average Bonchev–Trinajstić information content (AvgIpc) is 2.42. The fourth-order valence-electron chi connectivity index (χ4n) is 2.18. The van der Waals surface area contributed by atoms with Crippen LogP contribution in [-0.2, 0) is 4.74 Å². The summed E-state index contributed by atoms with van der Waals surface area (Å²) in [4.78, 5) is 14.0. The van der Waals surface area contributed by atoms with Crippen molar-refractivity contribution in [2.75, 3.05) is 26.2 Å². The van der Waals surface area contributed by atoms with E-state index in [9.17, 15) is 4.79 Å². The molecule has 0 aromatic carbocycles. The van der Waals surface area contributed by atoms with Crippen molar-refractivity contribution < 1.29 is 9.53 Å². The Hall–Kier alpha value is -0.810. The zero-order chi connectivity index (χ0) is 13.6. The van der Waals surface area contributed by atoms with E-state index in [1.165, 1.54) is 0 Å². The highest BCUT2D eigenvalue weighted by Crippen LogP contribution is 2.12. The van der Waals surface area contributed by atoms with Crippen LogP contribution in [0.5, 0.6) is 0 Å². The molecular weight excluding hydrogens is 230 g/mol. The molecule has 3 N–H and O–H groups in total. The fraction of sp³-hybridized carbons (Fsp3) is 0.923.